The zero-order chi connectivity index (χ0) is 7.52. The van der Waals surface area contributed by atoms with Gasteiger partial charge in [0.15, 0.2) is 0 Å². The first-order chi connectivity index (χ1) is 5.45. The van der Waals surface area contributed by atoms with E-state index in [1.165, 1.54) is 32.4 Å². The molecular weight excluding hydrogens is 138 g/mol. The molecule has 0 aliphatic carbocycles. The lowest BCUT2D eigenvalue weighted by Gasteiger charge is -2.31. The lowest BCUT2D eigenvalue weighted by atomic mass is 9.88. The molecule has 0 bridgehead atoms. The maximum atomic E-state index is 5.16. The Balaban J connectivity index is 1.67. The summed E-state index contributed by atoms with van der Waals surface area (Å²) in [5, 5.41) is 3.45. The molecule has 2 heterocycles. The largest absolute Gasteiger partial charge is 0.381 e. The second kappa shape index (κ2) is 3.55. The number of ether oxygens (including phenoxy) is 1. The minimum atomic E-state index is 0.889. The number of hydrogen-bond donors (Lipinski definition) is 1. The Morgan fingerprint density at radius 2 is 2.18 bits per heavy atom. The van der Waals surface area contributed by atoms with Crippen molar-refractivity contribution < 1.29 is 4.74 Å². The molecule has 0 aromatic heterocycles. The Bertz CT molecular complexity index is 117. The Labute approximate surface area is 68.3 Å². The normalized spacial score (nSPS) is 33.3. The molecule has 2 heteroatoms. The van der Waals surface area contributed by atoms with Gasteiger partial charge in [-0.2, -0.15) is 0 Å². The third kappa shape index (κ3) is 1.94. The Morgan fingerprint density at radius 3 is 2.73 bits per heavy atom. The zero-order valence-electron chi connectivity index (χ0n) is 7.01. The molecule has 0 saturated carbocycles. The van der Waals surface area contributed by atoms with Crippen molar-refractivity contribution in [3.8, 4) is 0 Å². The van der Waals surface area contributed by atoms with Crippen LogP contribution in [0.3, 0.4) is 0 Å². The molecular formula is C9H17NO. The van der Waals surface area contributed by atoms with Crippen LogP contribution in [0.5, 0.6) is 0 Å². The average molecular weight is 155 g/mol. The summed E-state index contributed by atoms with van der Waals surface area (Å²) < 4.78 is 5.16. The van der Waals surface area contributed by atoms with Crippen molar-refractivity contribution in [1.29, 1.82) is 0 Å². The van der Waals surface area contributed by atoms with Crippen LogP contribution in [0, 0.1) is 11.8 Å². The highest BCUT2D eigenvalue weighted by molar-refractivity contribution is 4.75. The standard InChI is InChI=1S/C9H17NO/c1-2-8(5-10-3-1)4-9-6-11-7-9/h8-10H,1-7H2/t8-/m1/s1. The molecule has 2 saturated heterocycles. The minimum absolute atomic E-state index is 0.889. The van der Waals surface area contributed by atoms with Gasteiger partial charge in [0.05, 0.1) is 13.2 Å². The van der Waals surface area contributed by atoms with Crippen molar-refractivity contribution in [2.24, 2.45) is 11.8 Å². The lowest BCUT2D eigenvalue weighted by Crippen LogP contribution is -2.35. The second-order valence-corrected chi connectivity index (χ2v) is 3.85. The van der Waals surface area contributed by atoms with Crippen LogP contribution in [0.4, 0.5) is 0 Å². The second-order valence-electron chi connectivity index (χ2n) is 3.85. The van der Waals surface area contributed by atoms with Crippen LogP contribution in [0.25, 0.3) is 0 Å². The Hall–Kier alpha value is -0.0800. The van der Waals surface area contributed by atoms with Crippen LogP contribution in [0.1, 0.15) is 19.3 Å². The molecule has 2 nitrogen and oxygen atoms in total. The summed E-state index contributed by atoms with van der Waals surface area (Å²) in [6.07, 6.45) is 4.20. The van der Waals surface area contributed by atoms with E-state index in [9.17, 15) is 0 Å². The first kappa shape index (κ1) is 7.56. The van der Waals surface area contributed by atoms with Gasteiger partial charge in [-0.25, -0.2) is 0 Å². The van der Waals surface area contributed by atoms with Crippen molar-refractivity contribution in [2.75, 3.05) is 26.3 Å². The van der Waals surface area contributed by atoms with E-state index >= 15 is 0 Å². The molecule has 0 aromatic carbocycles. The topological polar surface area (TPSA) is 21.3 Å². The van der Waals surface area contributed by atoms with Gasteiger partial charge >= 0.3 is 0 Å². The molecule has 64 valence electrons. The van der Waals surface area contributed by atoms with Gasteiger partial charge in [0.25, 0.3) is 0 Å². The minimum Gasteiger partial charge on any atom is -0.381 e. The van der Waals surface area contributed by atoms with E-state index in [4.69, 9.17) is 4.74 Å². The summed E-state index contributed by atoms with van der Waals surface area (Å²) in [5.41, 5.74) is 0. The molecule has 2 fully saturated rings. The fourth-order valence-corrected chi connectivity index (χ4v) is 2.02. The predicted octanol–water partition coefficient (Wildman–Crippen LogP) is 1.02. The maximum absolute atomic E-state index is 5.16. The summed E-state index contributed by atoms with van der Waals surface area (Å²) >= 11 is 0. The third-order valence-electron chi connectivity index (χ3n) is 2.77. The van der Waals surface area contributed by atoms with Crippen LogP contribution >= 0.6 is 0 Å². The number of nitrogens with one attached hydrogen (secondary N) is 1. The van der Waals surface area contributed by atoms with Gasteiger partial charge < -0.3 is 10.1 Å². The highest BCUT2D eigenvalue weighted by Gasteiger charge is 2.23. The van der Waals surface area contributed by atoms with Crippen LogP contribution in [-0.2, 0) is 4.74 Å². The summed E-state index contributed by atoms with van der Waals surface area (Å²) in [6, 6.07) is 0. The van der Waals surface area contributed by atoms with Crippen LogP contribution in [0.2, 0.25) is 0 Å². The molecule has 2 rings (SSSR count). The molecule has 0 aromatic rings. The SMILES string of the molecule is C1CNC[C@@H](CC2COC2)C1. The first-order valence-electron chi connectivity index (χ1n) is 4.73. The molecule has 0 radical (unpaired) electrons. The lowest BCUT2D eigenvalue weighted by molar-refractivity contribution is -0.0437. The molecule has 11 heavy (non-hydrogen) atoms. The van der Waals surface area contributed by atoms with Gasteiger partial charge in [0.1, 0.15) is 0 Å². The van der Waals surface area contributed by atoms with E-state index in [0.29, 0.717) is 0 Å². The van der Waals surface area contributed by atoms with E-state index in [1.54, 1.807) is 0 Å². The van der Waals surface area contributed by atoms with Gasteiger partial charge in [-0.1, -0.05) is 0 Å². The van der Waals surface area contributed by atoms with Crippen molar-refractivity contribution in [3.63, 3.8) is 0 Å². The van der Waals surface area contributed by atoms with Gasteiger partial charge in [-0.3, -0.25) is 0 Å². The van der Waals surface area contributed by atoms with Gasteiger partial charge in [-0.15, -0.1) is 0 Å². The smallest absolute Gasteiger partial charge is 0.0516 e. The van der Waals surface area contributed by atoms with E-state index in [-0.39, 0.29) is 0 Å². The Kier molecular flexibility index (Phi) is 2.44. The molecule has 1 N–H and O–H groups in total. The van der Waals surface area contributed by atoms with Crippen molar-refractivity contribution in [1.82, 2.24) is 5.32 Å². The fraction of sp³-hybridized carbons (Fsp3) is 1.00. The van der Waals surface area contributed by atoms with Gasteiger partial charge in [-0.05, 0) is 38.3 Å². The summed E-state index contributed by atoms with van der Waals surface area (Å²) in [6.45, 7) is 4.53. The maximum Gasteiger partial charge on any atom is 0.0516 e. The van der Waals surface area contributed by atoms with Crippen molar-refractivity contribution in [2.45, 2.75) is 19.3 Å². The highest BCUT2D eigenvalue weighted by Crippen LogP contribution is 2.23. The van der Waals surface area contributed by atoms with E-state index < -0.39 is 0 Å². The molecule has 2 aliphatic heterocycles. The van der Waals surface area contributed by atoms with Crippen LogP contribution < -0.4 is 5.32 Å². The number of piperidine rings is 1. The first-order valence-corrected chi connectivity index (χ1v) is 4.73. The molecule has 0 amide bonds. The van der Waals surface area contributed by atoms with E-state index in [0.717, 1.165) is 25.0 Å². The van der Waals surface area contributed by atoms with Crippen molar-refractivity contribution >= 4 is 0 Å². The summed E-state index contributed by atoms with van der Waals surface area (Å²) in [7, 11) is 0. The number of hydrogen-bond acceptors (Lipinski definition) is 2. The predicted molar refractivity (Wildman–Crippen MR) is 44.5 cm³/mol. The monoisotopic (exact) mass is 155 g/mol. The van der Waals surface area contributed by atoms with E-state index in [2.05, 4.69) is 5.32 Å². The van der Waals surface area contributed by atoms with E-state index in [1.807, 2.05) is 0 Å². The van der Waals surface area contributed by atoms with Gasteiger partial charge in [0.2, 0.25) is 0 Å². The molecule has 2 aliphatic rings. The number of rotatable bonds is 2. The average Bonchev–Trinajstić information content (AvgIpc) is 1.99. The quantitative estimate of drug-likeness (QED) is 0.643. The Morgan fingerprint density at radius 1 is 1.27 bits per heavy atom. The highest BCUT2D eigenvalue weighted by atomic mass is 16.5. The van der Waals surface area contributed by atoms with Gasteiger partial charge in [0, 0.05) is 5.92 Å². The van der Waals surface area contributed by atoms with Crippen LogP contribution in [0.15, 0.2) is 0 Å². The molecule has 0 spiro atoms. The molecule has 0 unspecified atom stereocenters. The third-order valence-corrected chi connectivity index (χ3v) is 2.77. The van der Waals surface area contributed by atoms with Crippen molar-refractivity contribution in [3.05, 3.63) is 0 Å². The zero-order valence-corrected chi connectivity index (χ0v) is 7.01. The van der Waals surface area contributed by atoms with Crippen LogP contribution in [-0.4, -0.2) is 26.3 Å². The summed E-state index contributed by atoms with van der Waals surface area (Å²) in [4.78, 5) is 0. The molecule has 1 atom stereocenters. The fourth-order valence-electron chi connectivity index (χ4n) is 2.02. The summed E-state index contributed by atoms with van der Waals surface area (Å²) in [5.74, 6) is 1.83.